The van der Waals surface area contributed by atoms with E-state index in [0.29, 0.717) is 10.7 Å². The molecule has 0 saturated heterocycles. The molecule has 0 spiro atoms. The lowest BCUT2D eigenvalue weighted by Crippen LogP contribution is -1.86. The summed E-state index contributed by atoms with van der Waals surface area (Å²) in [6.45, 7) is 0. The van der Waals surface area contributed by atoms with Crippen molar-refractivity contribution < 1.29 is 8.78 Å². The van der Waals surface area contributed by atoms with Crippen LogP contribution in [0.4, 0.5) is 14.6 Å². The van der Waals surface area contributed by atoms with Crippen molar-refractivity contribution in [3.8, 4) is 10.4 Å². The third-order valence-electron chi connectivity index (χ3n) is 1.75. The molecule has 0 saturated carbocycles. The summed E-state index contributed by atoms with van der Waals surface area (Å²) >= 11 is 1.04. The maximum absolute atomic E-state index is 13.3. The van der Waals surface area contributed by atoms with E-state index in [4.69, 9.17) is 5.73 Å². The van der Waals surface area contributed by atoms with Gasteiger partial charge in [0.1, 0.15) is 5.82 Å². The maximum Gasteiger partial charge on any atom is 0.167 e. The summed E-state index contributed by atoms with van der Waals surface area (Å²) < 4.78 is 29.9. The van der Waals surface area contributed by atoms with E-state index < -0.39 is 11.6 Å². The van der Waals surface area contributed by atoms with Crippen LogP contribution < -0.4 is 5.73 Å². The van der Waals surface area contributed by atoms with Gasteiger partial charge in [-0.15, -0.1) is 0 Å². The highest BCUT2D eigenvalue weighted by molar-refractivity contribution is 7.09. The number of hydrogen-bond acceptors (Lipinski definition) is 3. The number of nitrogen functional groups attached to an aromatic ring is 1. The number of rotatable bonds is 1. The SMILES string of the molecule is Nc1cc(-c2cccc(F)c2F)sn1. The highest BCUT2D eigenvalue weighted by Gasteiger charge is 2.11. The van der Waals surface area contributed by atoms with Crippen LogP contribution in [0.5, 0.6) is 0 Å². The van der Waals surface area contributed by atoms with Gasteiger partial charge in [0.25, 0.3) is 0 Å². The number of hydrogen-bond donors (Lipinski definition) is 1. The first-order valence-corrected chi connectivity index (χ1v) is 4.62. The van der Waals surface area contributed by atoms with Gasteiger partial charge in [0, 0.05) is 11.6 Å². The fraction of sp³-hybridized carbons (Fsp3) is 0. The lowest BCUT2D eigenvalue weighted by molar-refractivity contribution is 0.511. The van der Waals surface area contributed by atoms with Gasteiger partial charge in [-0.3, -0.25) is 0 Å². The third kappa shape index (κ3) is 1.46. The molecule has 1 aromatic carbocycles. The van der Waals surface area contributed by atoms with E-state index in [9.17, 15) is 8.78 Å². The summed E-state index contributed by atoms with van der Waals surface area (Å²) in [4.78, 5) is 0.527. The van der Waals surface area contributed by atoms with Gasteiger partial charge in [0.2, 0.25) is 0 Å². The van der Waals surface area contributed by atoms with E-state index in [-0.39, 0.29) is 5.56 Å². The van der Waals surface area contributed by atoms with E-state index >= 15 is 0 Å². The van der Waals surface area contributed by atoms with E-state index in [1.54, 1.807) is 0 Å². The monoisotopic (exact) mass is 212 g/mol. The molecular weight excluding hydrogens is 206 g/mol. The summed E-state index contributed by atoms with van der Waals surface area (Å²) in [7, 11) is 0. The largest absolute Gasteiger partial charge is 0.383 e. The molecule has 1 heterocycles. The van der Waals surface area contributed by atoms with Gasteiger partial charge in [0.05, 0.1) is 4.88 Å². The van der Waals surface area contributed by atoms with Gasteiger partial charge in [-0.2, -0.15) is 4.37 Å². The second-order valence-corrected chi connectivity index (χ2v) is 3.52. The molecule has 2 N–H and O–H groups in total. The Morgan fingerprint density at radius 3 is 2.71 bits per heavy atom. The normalized spacial score (nSPS) is 10.4. The van der Waals surface area contributed by atoms with Crippen LogP contribution in [0.15, 0.2) is 24.3 Å². The van der Waals surface area contributed by atoms with Gasteiger partial charge in [-0.05, 0) is 17.6 Å². The van der Waals surface area contributed by atoms with Crippen molar-refractivity contribution in [2.45, 2.75) is 0 Å². The standard InChI is InChI=1S/C9H6F2N2S/c10-6-3-1-2-5(9(6)11)7-4-8(12)13-14-7/h1-4H,(H2,12,13). The van der Waals surface area contributed by atoms with Crippen LogP contribution in [0.25, 0.3) is 10.4 Å². The minimum atomic E-state index is -0.866. The van der Waals surface area contributed by atoms with E-state index in [1.165, 1.54) is 18.2 Å². The Kier molecular flexibility index (Phi) is 2.17. The number of aromatic nitrogens is 1. The zero-order valence-electron chi connectivity index (χ0n) is 7.00. The van der Waals surface area contributed by atoms with Crippen molar-refractivity contribution in [1.82, 2.24) is 4.37 Å². The predicted octanol–water partition coefficient (Wildman–Crippen LogP) is 2.67. The Bertz CT molecular complexity index is 468. The number of nitrogens with two attached hydrogens (primary N) is 1. The fourth-order valence-electron chi connectivity index (χ4n) is 1.11. The van der Waals surface area contributed by atoms with Crippen LogP contribution in [-0.2, 0) is 0 Å². The van der Waals surface area contributed by atoms with Crippen LogP contribution >= 0.6 is 11.5 Å². The zero-order chi connectivity index (χ0) is 10.1. The van der Waals surface area contributed by atoms with Crippen molar-refractivity contribution in [3.05, 3.63) is 35.9 Å². The molecule has 2 rings (SSSR count). The molecule has 72 valence electrons. The summed E-state index contributed by atoms with van der Waals surface area (Å²) in [6.07, 6.45) is 0. The Morgan fingerprint density at radius 1 is 1.29 bits per heavy atom. The van der Waals surface area contributed by atoms with Crippen LogP contribution in [0.1, 0.15) is 0 Å². The number of halogens is 2. The van der Waals surface area contributed by atoms with Crippen LogP contribution in [0, 0.1) is 11.6 Å². The molecule has 0 unspecified atom stereocenters. The van der Waals surface area contributed by atoms with Crippen LogP contribution in [-0.4, -0.2) is 4.37 Å². The Hall–Kier alpha value is -1.49. The third-order valence-corrected chi connectivity index (χ3v) is 2.58. The Labute approximate surface area is 83.2 Å². The van der Waals surface area contributed by atoms with E-state index in [0.717, 1.165) is 17.6 Å². The molecule has 0 bridgehead atoms. The molecule has 0 aliphatic rings. The van der Waals surface area contributed by atoms with Crippen LogP contribution in [0.2, 0.25) is 0 Å². The van der Waals surface area contributed by atoms with Gasteiger partial charge >= 0.3 is 0 Å². The van der Waals surface area contributed by atoms with E-state index in [1.807, 2.05) is 0 Å². The van der Waals surface area contributed by atoms with Gasteiger partial charge in [-0.25, -0.2) is 8.78 Å². The van der Waals surface area contributed by atoms with Crippen molar-refractivity contribution in [2.24, 2.45) is 0 Å². The molecular formula is C9H6F2N2S. The molecule has 14 heavy (non-hydrogen) atoms. The van der Waals surface area contributed by atoms with Crippen molar-refractivity contribution in [3.63, 3.8) is 0 Å². The van der Waals surface area contributed by atoms with Crippen molar-refractivity contribution in [2.75, 3.05) is 5.73 Å². The second-order valence-electron chi connectivity index (χ2n) is 2.72. The van der Waals surface area contributed by atoms with Gasteiger partial charge < -0.3 is 5.73 Å². The molecule has 1 aromatic heterocycles. The minimum Gasteiger partial charge on any atom is -0.383 e. The number of anilines is 1. The fourth-order valence-corrected chi connectivity index (χ4v) is 1.80. The average Bonchev–Trinajstić information content (AvgIpc) is 2.57. The summed E-state index contributed by atoms with van der Waals surface area (Å²) in [5, 5.41) is 0. The molecule has 0 aliphatic heterocycles. The lowest BCUT2D eigenvalue weighted by atomic mass is 10.2. The maximum atomic E-state index is 13.3. The first kappa shape index (κ1) is 9.08. The summed E-state index contributed by atoms with van der Waals surface area (Å²) in [6, 6.07) is 5.53. The number of nitrogens with zero attached hydrogens (tertiary/aromatic N) is 1. The van der Waals surface area contributed by atoms with Gasteiger partial charge in [-0.1, -0.05) is 12.1 Å². The first-order chi connectivity index (χ1) is 6.68. The van der Waals surface area contributed by atoms with Gasteiger partial charge in [0.15, 0.2) is 11.6 Å². The minimum absolute atomic E-state index is 0.194. The second kappa shape index (κ2) is 3.34. The molecule has 0 fully saturated rings. The molecule has 0 radical (unpaired) electrons. The highest BCUT2D eigenvalue weighted by atomic mass is 32.1. The van der Waals surface area contributed by atoms with Crippen molar-refractivity contribution in [1.29, 1.82) is 0 Å². The Morgan fingerprint density at radius 2 is 2.07 bits per heavy atom. The van der Waals surface area contributed by atoms with Crippen molar-refractivity contribution >= 4 is 17.4 Å². The molecule has 0 aliphatic carbocycles. The average molecular weight is 212 g/mol. The lowest BCUT2D eigenvalue weighted by Gasteiger charge is -1.98. The molecule has 2 aromatic rings. The molecule has 0 amide bonds. The zero-order valence-corrected chi connectivity index (χ0v) is 7.81. The molecule has 2 nitrogen and oxygen atoms in total. The van der Waals surface area contributed by atoms with E-state index in [2.05, 4.69) is 4.37 Å². The topological polar surface area (TPSA) is 38.9 Å². The molecule has 5 heteroatoms. The highest BCUT2D eigenvalue weighted by Crippen LogP contribution is 2.28. The Balaban J connectivity index is 2.57. The summed E-state index contributed by atoms with van der Waals surface area (Å²) in [5.41, 5.74) is 5.58. The predicted molar refractivity (Wildman–Crippen MR) is 51.9 cm³/mol. The quantitative estimate of drug-likeness (QED) is 0.789. The molecule has 0 atom stereocenters. The first-order valence-electron chi connectivity index (χ1n) is 3.85. The summed E-state index contributed by atoms with van der Waals surface area (Å²) in [5.74, 6) is -1.42. The van der Waals surface area contributed by atoms with Crippen LogP contribution in [0.3, 0.4) is 0 Å². The number of benzene rings is 1. The smallest absolute Gasteiger partial charge is 0.167 e.